The Morgan fingerprint density at radius 2 is 1.69 bits per heavy atom. The first-order valence-corrected chi connectivity index (χ1v) is 15.0. The van der Waals surface area contributed by atoms with E-state index in [0.29, 0.717) is 23.2 Å². The molecule has 0 amide bonds. The Hall–Kier alpha value is -0.890. The Kier molecular flexibility index (Phi) is 11.3. The number of rotatable bonds is 9. The number of hydrogen-bond donors (Lipinski definition) is 1. The van der Waals surface area contributed by atoms with Crippen LogP contribution in [-0.4, -0.2) is 16.9 Å². The Morgan fingerprint density at radius 3 is 2.34 bits per heavy atom. The first-order valence-electron chi connectivity index (χ1n) is 15.0. The zero-order chi connectivity index (χ0) is 26.3. The molecule has 2 heteroatoms. The topological polar surface area (TPSA) is 20.2 Å². The summed E-state index contributed by atoms with van der Waals surface area (Å²) in [5, 5.41) is 10.3. The first kappa shape index (κ1) is 30.3. The molecule has 1 N–H and O–H groups in total. The minimum atomic E-state index is -0.848. The number of aliphatic hydroxyl groups is 1. The summed E-state index contributed by atoms with van der Waals surface area (Å²) in [5.74, 6) is 1.42. The lowest BCUT2D eigenvalue weighted by Crippen LogP contribution is -2.41. The average Bonchev–Trinajstić information content (AvgIpc) is 3.17. The molecule has 3 saturated carbocycles. The predicted molar refractivity (Wildman–Crippen MR) is 151 cm³/mol. The van der Waals surface area contributed by atoms with E-state index in [9.17, 15) is 9.50 Å². The summed E-state index contributed by atoms with van der Waals surface area (Å²) >= 11 is 0. The van der Waals surface area contributed by atoms with Gasteiger partial charge in [0, 0.05) is 0 Å². The normalized spacial score (nSPS) is 33.3. The molecule has 202 valence electrons. The van der Waals surface area contributed by atoms with Gasteiger partial charge in [-0.05, 0) is 118 Å². The maximum absolute atomic E-state index is 14.2. The van der Waals surface area contributed by atoms with Gasteiger partial charge in [-0.3, -0.25) is 0 Å². The van der Waals surface area contributed by atoms with Gasteiger partial charge in [-0.15, -0.1) is 0 Å². The van der Waals surface area contributed by atoms with E-state index < -0.39 is 11.8 Å². The van der Waals surface area contributed by atoms with Crippen LogP contribution in [0.3, 0.4) is 0 Å². The Balaban J connectivity index is 0.00000210. The van der Waals surface area contributed by atoms with Crippen molar-refractivity contribution in [2.45, 2.75) is 150 Å². The second-order valence-electron chi connectivity index (χ2n) is 12.8. The second-order valence-corrected chi connectivity index (χ2v) is 12.8. The Labute approximate surface area is 217 Å². The molecule has 0 aromatic carbocycles. The van der Waals surface area contributed by atoms with Crippen molar-refractivity contribution in [2.24, 2.45) is 22.7 Å². The van der Waals surface area contributed by atoms with Gasteiger partial charge in [0.25, 0.3) is 0 Å². The monoisotopic (exact) mass is 488 g/mol. The zero-order valence-corrected chi connectivity index (χ0v) is 24.3. The molecular formula is C33H57FO. The van der Waals surface area contributed by atoms with E-state index in [1.54, 1.807) is 5.57 Å². The second kappa shape index (κ2) is 13.1. The van der Waals surface area contributed by atoms with Crippen molar-refractivity contribution in [3.63, 3.8) is 0 Å². The van der Waals surface area contributed by atoms with Crippen molar-refractivity contribution in [3.05, 3.63) is 35.5 Å². The van der Waals surface area contributed by atoms with Crippen molar-refractivity contribution in [3.8, 4) is 0 Å². The maximum atomic E-state index is 14.2. The highest BCUT2D eigenvalue weighted by molar-refractivity contribution is 5.38. The van der Waals surface area contributed by atoms with E-state index in [-0.39, 0.29) is 0 Å². The zero-order valence-electron chi connectivity index (χ0n) is 24.3. The summed E-state index contributed by atoms with van der Waals surface area (Å²) in [6.07, 6.45) is 19.9. The van der Waals surface area contributed by atoms with E-state index in [1.807, 2.05) is 27.7 Å². The van der Waals surface area contributed by atoms with Crippen LogP contribution in [0.25, 0.3) is 0 Å². The molecule has 5 atom stereocenters. The SMILES string of the molecule is C=C1/C(=C\C=C2/CCC[C@@]3(C)C2CCC3[C@@](C)(CCCC)CCCC(C)(C)O)CCC[C@@H]1F.CC. The van der Waals surface area contributed by atoms with Crippen molar-refractivity contribution in [1.29, 1.82) is 0 Å². The smallest absolute Gasteiger partial charge is 0.125 e. The molecule has 0 bridgehead atoms. The summed E-state index contributed by atoms with van der Waals surface area (Å²) in [6, 6.07) is 0. The van der Waals surface area contributed by atoms with Gasteiger partial charge in [-0.1, -0.05) is 78.2 Å². The summed E-state index contributed by atoms with van der Waals surface area (Å²) < 4.78 is 14.2. The van der Waals surface area contributed by atoms with Crippen molar-refractivity contribution in [2.75, 3.05) is 0 Å². The highest BCUT2D eigenvalue weighted by atomic mass is 19.1. The van der Waals surface area contributed by atoms with E-state index in [0.717, 1.165) is 42.7 Å². The van der Waals surface area contributed by atoms with E-state index in [2.05, 4.69) is 39.5 Å². The number of allylic oxidation sites excluding steroid dienone is 5. The summed E-state index contributed by atoms with van der Waals surface area (Å²) in [4.78, 5) is 0. The number of alkyl halides is 1. The van der Waals surface area contributed by atoms with Crippen LogP contribution in [0, 0.1) is 22.7 Å². The lowest BCUT2D eigenvalue weighted by Gasteiger charge is -2.50. The van der Waals surface area contributed by atoms with E-state index in [1.165, 1.54) is 57.8 Å². The van der Waals surface area contributed by atoms with E-state index >= 15 is 0 Å². The van der Waals surface area contributed by atoms with Crippen LogP contribution >= 0.6 is 0 Å². The van der Waals surface area contributed by atoms with Gasteiger partial charge in [-0.25, -0.2) is 4.39 Å². The Bertz CT molecular complexity index is 741. The predicted octanol–water partition coefficient (Wildman–Crippen LogP) is 10.3. The number of unbranched alkanes of at least 4 members (excludes halogenated alkanes) is 1. The van der Waals surface area contributed by atoms with Crippen LogP contribution in [-0.2, 0) is 0 Å². The minimum Gasteiger partial charge on any atom is -0.390 e. The number of fused-ring (bicyclic) bond motifs is 1. The molecule has 0 saturated heterocycles. The molecule has 2 unspecified atom stereocenters. The Morgan fingerprint density at radius 1 is 1.00 bits per heavy atom. The molecule has 0 radical (unpaired) electrons. The van der Waals surface area contributed by atoms with Gasteiger partial charge in [-0.2, -0.15) is 0 Å². The molecule has 3 aliphatic rings. The molecule has 0 aromatic heterocycles. The summed E-state index contributed by atoms with van der Waals surface area (Å²) in [5.41, 5.74) is 3.63. The van der Waals surface area contributed by atoms with Gasteiger partial charge in [0.2, 0.25) is 0 Å². The van der Waals surface area contributed by atoms with Crippen LogP contribution in [0.5, 0.6) is 0 Å². The molecule has 0 aromatic rings. The van der Waals surface area contributed by atoms with E-state index in [4.69, 9.17) is 0 Å². The lowest BCUT2D eigenvalue weighted by molar-refractivity contribution is 0.0117. The average molecular weight is 489 g/mol. The summed E-state index contributed by atoms with van der Waals surface area (Å²) in [7, 11) is 0. The third-order valence-electron chi connectivity index (χ3n) is 9.64. The largest absolute Gasteiger partial charge is 0.390 e. The molecular weight excluding hydrogens is 431 g/mol. The molecule has 3 rings (SSSR count). The van der Waals surface area contributed by atoms with Gasteiger partial charge in [0.15, 0.2) is 0 Å². The quantitative estimate of drug-likeness (QED) is 0.342. The number of hydrogen-bond acceptors (Lipinski definition) is 1. The number of halogens is 1. The van der Waals surface area contributed by atoms with Crippen molar-refractivity contribution >= 4 is 0 Å². The fraction of sp³-hybridized carbons (Fsp3) is 0.818. The summed E-state index contributed by atoms with van der Waals surface area (Å²) in [6.45, 7) is 19.4. The molecule has 0 aliphatic heterocycles. The molecule has 35 heavy (non-hydrogen) atoms. The highest BCUT2D eigenvalue weighted by Crippen LogP contribution is 2.64. The van der Waals surface area contributed by atoms with Gasteiger partial charge < -0.3 is 5.11 Å². The third kappa shape index (κ3) is 7.56. The highest BCUT2D eigenvalue weighted by Gasteiger charge is 2.54. The fourth-order valence-electron chi connectivity index (χ4n) is 7.77. The third-order valence-corrected chi connectivity index (χ3v) is 9.64. The molecule has 1 nitrogen and oxygen atoms in total. The molecule has 3 fully saturated rings. The van der Waals surface area contributed by atoms with Gasteiger partial charge in [0.05, 0.1) is 5.60 Å². The van der Waals surface area contributed by atoms with Gasteiger partial charge >= 0.3 is 0 Å². The standard InChI is InChI=1S/C31H51FO.C2H6/c1-7-8-20-30(5,21-11-19-29(3,4)33)28-18-17-26-25(13-10-22-31(26,28)6)16-15-24-12-9-14-27(32)23(24)2;1-2/h15-16,26-28,33H,2,7-14,17-22H2,1,3-6H3;1-2H3/b24-15-,25-16+;/t26?,27-,28?,30-,31-;/m0./s1. The van der Waals surface area contributed by atoms with Crippen molar-refractivity contribution in [1.82, 2.24) is 0 Å². The van der Waals surface area contributed by atoms with Crippen LogP contribution in [0.4, 0.5) is 4.39 Å². The molecule has 0 spiro atoms. The molecule has 3 aliphatic carbocycles. The first-order chi connectivity index (χ1) is 16.5. The van der Waals surface area contributed by atoms with Crippen LogP contribution in [0.1, 0.15) is 138 Å². The van der Waals surface area contributed by atoms with Gasteiger partial charge in [0.1, 0.15) is 6.17 Å². The minimum absolute atomic E-state index is 0.352. The van der Waals surface area contributed by atoms with Crippen molar-refractivity contribution < 1.29 is 9.50 Å². The fourth-order valence-corrected chi connectivity index (χ4v) is 7.77. The maximum Gasteiger partial charge on any atom is 0.125 e. The lowest BCUT2D eigenvalue weighted by atomic mass is 9.55. The van der Waals surface area contributed by atoms with Crippen LogP contribution in [0.2, 0.25) is 0 Å². The van der Waals surface area contributed by atoms with Crippen LogP contribution < -0.4 is 0 Å². The molecule has 0 heterocycles. The van der Waals surface area contributed by atoms with Crippen LogP contribution in [0.15, 0.2) is 35.5 Å².